The highest BCUT2D eigenvalue weighted by molar-refractivity contribution is 5.85. The third kappa shape index (κ3) is 10.1. The predicted molar refractivity (Wildman–Crippen MR) is 25.1 cm³/mol. The molecule has 0 aromatic heterocycles. The smallest absolute Gasteiger partial charge is 0.156 e. The first-order valence-corrected chi connectivity index (χ1v) is 0.998. The van der Waals surface area contributed by atoms with E-state index in [2.05, 4.69) is 16.1 Å². The van der Waals surface area contributed by atoms with Crippen molar-refractivity contribution < 1.29 is 0 Å². The molecule has 5 heteroatoms. The van der Waals surface area contributed by atoms with Gasteiger partial charge >= 0.3 is 0 Å². The van der Waals surface area contributed by atoms with Gasteiger partial charge in [-0.3, -0.25) is 0 Å². The van der Waals surface area contributed by atoms with Crippen LogP contribution in [-0.4, -0.2) is 6.34 Å². The number of hydrogen-bond acceptors (Lipinski definition) is 3. The summed E-state index contributed by atoms with van der Waals surface area (Å²) in [6.07, 6.45) is 0.944. The Hall–Kier alpha value is -0.640. The molecule has 0 heterocycles. The van der Waals surface area contributed by atoms with Gasteiger partial charge in [0, 0.05) is 0 Å². The summed E-state index contributed by atoms with van der Waals surface area (Å²) in [7, 11) is 0. The van der Waals surface area contributed by atoms with Crippen molar-refractivity contribution in [3.05, 3.63) is 0 Å². The standard InChI is InChI=1S/CH4N4.ClH/c2-4-1-5-3;/h1-2H,3H2;1H. The van der Waals surface area contributed by atoms with E-state index in [0.717, 1.165) is 6.34 Å². The number of halogens is 1. The van der Waals surface area contributed by atoms with Crippen LogP contribution in [0.2, 0.25) is 0 Å². The second-order valence-corrected chi connectivity index (χ2v) is 0.394. The molecule has 0 radical (unpaired) electrons. The second kappa shape index (κ2) is 8.84. The second-order valence-electron chi connectivity index (χ2n) is 0.394. The maximum absolute atomic E-state index is 6.00. The normalized spacial score (nSPS) is 7.33. The molecular weight excluding hydrogens is 103 g/mol. The molecule has 0 aliphatic rings. The zero-order valence-corrected chi connectivity index (χ0v) is 3.77. The van der Waals surface area contributed by atoms with Crippen LogP contribution >= 0.6 is 12.4 Å². The van der Waals surface area contributed by atoms with Gasteiger partial charge in [-0.05, 0) is 0 Å². The summed E-state index contributed by atoms with van der Waals surface area (Å²) in [5.74, 6) is 4.49. The first-order chi connectivity index (χ1) is 2.41. The van der Waals surface area contributed by atoms with Crippen LogP contribution in [0, 0.1) is 5.53 Å². The molecule has 0 aromatic carbocycles. The van der Waals surface area contributed by atoms with Gasteiger partial charge in [0.2, 0.25) is 0 Å². The van der Waals surface area contributed by atoms with E-state index in [1.54, 1.807) is 0 Å². The Balaban J connectivity index is 0. The molecule has 0 aliphatic carbocycles. The molecule has 0 fully saturated rings. The summed E-state index contributed by atoms with van der Waals surface area (Å²) in [4.78, 5) is 0. The molecule has 0 saturated heterocycles. The van der Waals surface area contributed by atoms with E-state index in [1.807, 2.05) is 0 Å². The van der Waals surface area contributed by atoms with Crippen molar-refractivity contribution in [3.63, 3.8) is 0 Å². The fourth-order valence-corrected chi connectivity index (χ4v) is 0.0333. The van der Waals surface area contributed by atoms with Crippen molar-refractivity contribution in [2.75, 3.05) is 0 Å². The summed E-state index contributed by atoms with van der Waals surface area (Å²) >= 11 is 0. The van der Waals surface area contributed by atoms with Gasteiger partial charge in [0.1, 0.15) is 0 Å². The van der Waals surface area contributed by atoms with Crippen LogP contribution < -0.4 is 5.84 Å². The van der Waals surface area contributed by atoms with Crippen molar-refractivity contribution in [3.8, 4) is 0 Å². The molecule has 36 valence electrons. The minimum absolute atomic E-state index is 0. The molecule has 0 spiro atoms. The number of nitrogens with zero attached hydrogens (tertiary/aromatic N) is 2. The molecule has 0 saturated carbocycles. The van der Waals surface area contributed by atoms with Crippen LogP contribution in [0.25, 0.3) is 0 Å². The molecule has 0 amide bonds. The van der Waals surface area contributed by atoms with Crippen molar-refractivity contribution in [1.29, 1.82) is 5.53 Å². The summed E-state index contributed by atoms with van der Waals surface area (Å²) < 4.78 is 0. The lowest BCUT2D eigenvalue weighted by molar-refractivity contribution is 1.17. The number of hydrazone groups is 1. The minimum atomic E-state index is 0. The quantitative estimate of drug-likeness (QED) is 0.164. The summed E-state index contributed by atoms with van der Waals surface area (Å²) in [6.45, 7) is 0. The average molecular weight is 109 g/mol. The largest absolute Gasteiger partial charge is 0.322 e. The maximum atomic E-state index is 6.00. The monoisotopic (exact) mass is 108 g/mol. The third-order valence-electron chi connectivity index (χ3n) is 0.124. The molecule has 0 rings (SSSR count). The van der Waals surface area contributed by atoms with E-state index in [1.165, 1.54) is 0 Å². The Morgan fingerprint density at radius 1 is 1.67 bits per heavy atom. The summed E-state index contributed by atoms with van der Waals surface area (Å²) in [5.41, 5.74) is 6.00. The van der Waals surface area contributed by atoms with E-state index < -0.39 is 0 Å². The molecule has 4 nitrogen and oxygen atoms in total. The van der Waals surface area contributed by atoms with E-state index >= 15 is 0 Å². The fraction of sp³-hybridized carbons (Fsp3) is 0. The molecule has 6 heavy (non-hydrogen) atoms. The van der Waals surface area contributed by atoms with Gasteiger partial charge in [0.25, 0.3) is 0 Å². The van der Waals surface area contributed by atoms with Gasteiger partial charge in [-0.1, -0.05) is 0 Å². The van der Waals surface area contributed by atoms with Crippen LogP contribution in [0.1, 0.15) is 0 Å². The van der Waals surface area contributed by atoms with Gasteiger partial charge in [0.05, 0.1) is 0 Å². The maximum Gasteiger partial charge on any atom is 0.156 e. The Kier molecular flexibility index (Phi) is 13.3. The van der Waals surface area contributed by atoms with Gasteiger partial charge in [-0.2, -0.15) is 5.10 Å². The molecule has 3 N–H and O–H groups in total. The highest BCUT2D eigenvalue weighted by atomic mass is 35.5. The Labute approximate surface area is 41.3 Å². The lowest BCUT2D eigenvalue weighted by Crippen LogP contribution is -1.75. The first kappa shape index (κ1) is 9.03. The topological polar surface area (TPSA) is 74.6 Å². The molecule has 0 aromatic rings. The predicted octanol–water partition coefficient (Wildman–Crippen LogP) is 0.341. The van der Waals surface area contributed by atoms with Gasteiger partial charge in [-0.25, -0.2) is 5.53 Å². The van der Waals surface area contributed by atoms with E-state index in [9.17, 15) is 0 Å². The average Bonchev–Trinajstić information content (AvgIpc) is 1.41. The van der Waals surface area contributed by atoms with E-state index in [-0.39, 0.29) is 12.4 Å². The SMILES string of the molecule is Cl.N=NC=NN. The Morgan fingerprint density at radius 3 is 2.17 bits per heavy atom. The highest BCUT2D eigenvalue weighted by Crippen LogP contribution is 1.44. The zero-order valence-electron chi connectivity index (χ0n) is 2.96. The Bertz CT molecular complexity index is 49.5. The molecule has 0 bridgehead atoms. The Morgan fingerprint density at radius 2 is 2.17 bits per heavy atom. The first-order valence-electron chi connectivity index (χ1n) is 0.998. The zero-order chi connectivity index (χ0) is 4.12. The number of rotatable bonds is 1. The molecule has 0 aliphatic heterocycles. The van der Waals surface area contributed by atoms with Crippen LogP contribution in [0.4, 0.5) is 0 Å². The molecular formula is CH5ClN4. The lowest BCUT2D eigenvalue weighted by atomic mass is 11.4. The fourth-order valence-electron chi connectivity index (χ4n) is 0.0333. The van der Waals surface area contributed by atoms with Crippen molar-refractivity contribution >= 4 is 18.7 Å². The number of nitrogens with one attached hydrogen (secondary N) is 1. The molecule has 0 unspecified atom stereocenters. The lowest BCUT2D eigenvalue weighted by Gasteiger charge is -1.58. The van der Waals surface area contributed by atoms with E-state index in [0.29, 0.717) is 0 Å². The molecule has 0 atom stereocenters. The van der Waals surface area contributed by atoms with Crippen molar-refractivity contribution in [1.82, 2.24) is 0 Å². The van der Waals surface area contributed by atoms with Crippen LogP contribution in [0.15, 0.2) is 10.2 Å². The van der Waals surface area contributed by atoms with Crippen LogP contribution in [-0.2, 0) is 0 Å². The van der Waals surface area contributed by atoms with Gasteiger partial charge in [0.15, 0.2) is 6.34 Å². The van der Waals surface area contributed by atoms with Crippen LogP contribution in [0.5, 0.6) is 0 Å². The van der Waals surface area contributed by atoms with Crippen LogP contribution in [0.3, 0.4) is 0 Å². The summed E-state index contributed by atoms with van der Waals surface area (Å²) in [5, 5.41) is 5.56. The number of nitrogens with two attached hydrogens (primary N) is 1. The van der Waals surface area contributed by atoms with Crippen molar-refractivity contribution in [2.45, 2.75) is 0 Å². The summed E-state index contributed by atoms with van der Waals surface area (Å²) in [6, 6.07) is 0. The van der Waals surface area contributed by atoms with Gasteiger partial charge < -0.3 is 5.84 Å². The highest BCUT2D eigenvalue weighted by Gasteiger charge is 1.43. The van der Waals surface area contributed by atoms with E-state index in [4.69, 9.17) is 5.53 Å². The number of hydrogen-bond donors (Lipinski definition) is 2. The minimum Gasteiger partial charge on any atom is -0.322 e. The van der Waals surface area contributed by atoms with Gasteiger partial charge in [-0.15, -0.1) is 17.5 Å². The van der Waals surface area contributed by atoms with Crippen molar-refractivity contribution in [2.24, 2.45) is 16.1 Å². The third-order valence-corrected chi connectivity index (χ3v) is 0.124.